The van der Waals surface area contributed by atoms with Crippen LogP contribution in [0.25, 0.3) is 0 Å². The zero-order valence-corrected chi connectivity index (χ0v) is 15.8. The molecule has 13 heteroatoms. The Morgan fingerprint density at radius 3 is 2.36 bits per heavy atom. The van der Waals surface area contributed by atoms with Crippen LogP contribution in [-0.2, 0) is 11.3 Å². The van der Waals surface area contributed by atoms with Crippen molar-refractivity contribution >= 4 is 29.1 Å². The number of alkyl halides is 4. The standard InChI is InChI=1S/C15H17ClF4N6O2/c1-4-25-5-7(9(23-25)15(28)21-3)22-14(27)6(2)26-11(13(19)20)8(16)10(24-26)12(17)18/h5-6,12-13H,4H2,1-3H3,(H,21,28)(H,22,27). The topological polar surface area (TPSA) is 93.8 Å². The van der Waals surface area contributed by atoms with E-state index in [0.29, 0.717) is 11.2 Å². The summed E-state index contributed by atoms with van der Waals surface area (Å²) in [5, 5.41) is 11.2. The second-order valence-corrected chi connectivity index (χ2v) is 6.00. The van der Waals surface area contributed by atoms with Gasteiger partial charge < -0.3 is 10.6 Å². The van der Waals surface area contributed by atoms with Gasteiger partial charge in [-0.2, -0.15) is 10.2 Å². The van der Waals surface area contributed by atoms with Crippen molar-refractivity contribution in [1.29, 1.82) is 0 Å². The Bertz CT molecular complexity index is 882. The Morgan fingerprint density at radius 2 is 1.86 bits per heavy atom. The van der Waals surface area contributed by atoms with Gasteiger partial charge in [-0.05, 0) is 13.8 Å². The molecule has 0 fully saturated rings. The summed E-state index contributed by atoms with van der Waals surface area (Å²) in [4.78, 5) is 24.4. The summed E-state index contributed by atoms with van der Waals surface area (Å²) in [7, 11) is 1.37. The number of carbonyl (C=O) groups excluding carboxylic acids is 2. The van der Waals surface area contributed by atoms with Gasteiger partial charge in [0.25, 0.3) is 18.8 Å². The molecule has 0 saturated heterocycles. The smallest absolute Gasteiger partial charge is 0.283 e. The first kappa shape index (κ1) is 21.7. The van der Waals surface area contributed by atoms with E-state index in [1.807, 2.05) is 0 Å². The van der Waals surface area contributed by atoms with Crippen molar-refractivity contribution in [3.05, 3.63) is 28.3 Å². The molecule has 28 heavy (non-hydrogen) atoms. The van der Waals surface area contributed by atoms with Gasteiger partial charge in [-0.15, -0.1) is 0 Å². The Balaban J connectivity index is 2.38. The number of nitrogens with zero attached hydrogens (tertiary/aromatic N) is 4. The average molecular weight is 425 g/mol. The predicted molar refractivity (Wildman–Crippen MR) is 91.8 cm³/mol. The maximum atomic E-state index is 13.3. The third-order valence-corrected chi connectivity index (χ3v) is 4.24. The lowest BCUT2D eigenvalue weighted by molar-refractivity contribution is -0.119. The minimum absolute atomic E-state index is 0.0315. The first-order chi connectivity index (χ1) is 13.1. The fourth-order valence-electron chi connectivity index (χ4n) is 2.39. The van der Waals surface area contributed by atoms with Gasteiger partial charge in [-0.1, -0.05) is 11.6 Å². The Morgan fingerprint density at radius 1 is 1.21 bits per heavy atom. The number of halogens is 5. The van der Waals surface area contributed by atoms with Gasteiger partial charge in [0.2, 0.25) is 5.91 Å². The highest BCUT2D eigenvalue weighted by molar-refractivity contribution is 6.32. The van der Waals surface area contributed by atoms with Crippen LogP contribution in [0.4, 0.5) is 23.2 Å². The fourth-order valence-corrected chi connectivity index (χ4v) is 2.67. The van der Waals surface area contributed by atoms with Crippen molar-refractivity contribution in [2.45, 2.75) is 39.3 Å². The quantitative estimate of drug-likeness (QED) is 0.667. The average Bonchev–Trinajstić information content (AvgIpc) is 3.21. The van der Waals surface area contributed by atoms with Crippen LogP contribution in [0.15, 0.2) is 6.20 Å². The molecular weight excluding hydrogens is 408 g/mol. The number of rotatable bonds is 7. The molecule has 1 atom stereocenters. The SMILES string of the molecule is CCn1cc(NC(=O)C(C)n2nc(C(F)F)c(Cl)c2C(F)F)c(C(=O)NC)n1. The van der Waals surface area contributed by atoms with Crippen LogP contribution in [0.2, 0.25) is 5.02 Å². The van der Waals surface area contributed by atoms with Crippen molar-refractivity contribution in [2.75, 3.05) is 12.4 Å². The molecule has 1 unspecified atom stereocenters. The molecule has 2 rings (SSSR count). The molecule has 154 valence electrons. The predicted octanol–water partition coefficient (Wildman–Crippen LogP) is 3.19. The van der Waals surface area contributed by atoms with E-state index in [4.69, 9.17) is 11.6 Å². The summed E-state index contributed by atoms with van der Waals surface area (Å²) in [5.74, 6) is -1.45. The largest absolute Gasteiger partial charge is 0.354 e. The fraction of sp³-hybridized carbons (Fsp3) is 0.467. The number of carbonyl (C=O) groups is 2. The molecule has 2 aromatic rings. The molecule has 0 aliphatic heterocycles. The summed E-state index contributed by atoms with van der Waals surface area (Å²) >= 11 is 5.59. The van der Waals surface area contributed by atoms with E-state index in [1.165, 1.54) is 24.9 Å². The van der Waals surface area contributed by atoms with Crippen LogP contribution in [0, 0.1) is 0 Å². The molecule has 0 bridgehead atoms. The Kier molecular flexibility index (Phi) is 6.65. The van der Waals surface area contributed by atoms with Gasteiger partial charge in [-0.25, -0.2) is 22.2 Å². The Hall–Kier alpha value is -2.63. The maximum Gasteiger partial charge on any atom is 0.283 e. The summed E-state index contributed by atoms with van der Waals surface area (Å²) in [6.07, 6.45) is -5.04. The monoisotopic (exact) mass is 424 g/mol. The molecule has 0 saturated carbocycles. The van der Waals surface area contributed by atoms with E-state index in [0.717, 1.165) is 0 Å². The minimum atomic E-state index is -3.23. The first-order valence-corrected chi connectivity index (χ1v) is 8.44. The van der Waals surface area contributed by atoms with Crippen molar-refractivity contribution in [1.82, 2.24) is 24.9 Å². The third-order valence-electron chi connectivity index (χ3n) is 3.86. The second kappa shape index (κ2) is 8.59. The van der Waals surface area contributed by atoms with Gasteiger partial charge in [0, 0.05) is 19.8 Å². The molecule has 2 amide bonds. The van der Waals surface area contributed by atoms with Crippen LogP contribution in [0.1, 0.15) is 54.6 Å². The minimum Gasteiger partial charge on any atom is -0.354 e. The molecule has 0 spiro atoms. The molecule has 8 nitrogen and oxygen atoms in total. The van der Waals surface area contributed by atoms with Crippen molar-refractivity contribution in [2.24, 2.45) is 0 Å². The molecule has 0 aliphatic rings. The molecule has 2 aromatic heterocycles. The first-order valence-electron chi connectivity index (χ1n) is 8.06. The molecule has 0 radical (unpaired) electrons. The summed E-state index contributed by atoms with van der Waals surface area (Å²) < 4.78 is 54.3. The van der Waals surface area contributed by atoms with Crippen molar-refractivity contribution in [3.8, 4) is 0 Å². The molecule has 0 aromatic carbocycles. The highest BCUT2D eigenvalue weighted by atomic mass is 35.5. The summed E-state index contributed by atoms with van der Waals surface area (Å²) in [5.41, 5.74) is -2.09. The van der Waals surface area contributed by atoms with E-state index in [1.54, 1.807) is 6.92 Å². The van der Waals surface area contributed by atoms with Crippen LogP contribution >= 0.6 is 11.6 Å². The van der Waals surface area contributed by atoms with E-state index in [-0.39, 0.29) is 11.4 Å². The van der Waals surface area contributed by atoms with Crippen LogP contribution in [0.5, 0.6) is 0 Å². The zero-order chi connectivity index (χ0) is 21.2. The highest BCUT2D eigenvalue weighted by Gasteiger charge is 2.32. The number of aromatic nitrogens is 4. The summed E-state index contributed by atoms with van der Waals surface area (Å²) in [6.45, 7) is 3.34. The number of anilines is 1. The highest BCUT2D eigenvalue weighted by Crippen LogP contribution is 2.36. The van der Waals surface area contributed by atoms with E-state index in [2.05, 4.69) is 20.8 Å². The van der Waals surface area contributed by atoms with Gasteiger partial charge >= 0.3 is 0 Å². The van der Waals surface area contributed by atoms with Crippen molar-refractivity contribution in [3.63, 3.8) is 0 Å². The lowest BCUT2D eigenvalue weighted by atomic mass is 10.2. The van der Waals surface area contributed by atoms with E-state index < -0.39 is 47.1 Å². The number of hydrogen-bond donors (Lipinski definition) is 2. The van der Waals surface area contributed by atoms with E-state index >= 15 is 0 Å². The Labute approximate surface area is 161 Å². The van der Waals surface area contributed by atoms with Crippen molar-refractivity contribution < 1.29 is 27.2 Å². The molecular formula is C15H17ClF4N6O2. The van der Waals surface area contributed by atoms with Gasteiger partial charge in [0.1, 0.15) is 17.4 Å². The van der Waals surface area contributed by atoms with Crippen LogP contribution in [0.3, 0.4) is 0 Å². The number of nitrogens with one attached hydrogen (secondary N) is 2. The summed E-state index contributed by atoms with van der Waals surface area (Å²) in [6, 6.07) is -1.42. The van der Waals surface area contributed by atoms with Crippen LogP contribution in [-0.4, -0.2) is 38.4 Å². The second-order valence-electron chi connectivity index (χ2n) is 5.62. The third kappa shape index (κ3) is 4.11. The molecule has 2 heterocycles. The maximum absolute atomic E-state index is 13.3. The lowest BCUT2D eigenvalue weighted by Crippen LogP contribution is -2.27. The van der Waals surface area contributed by atoms with Gasteiger partial charge in [-0.3, -0.25) is 14.3 Å². The molecule has 0 aliphatic carbocycles. The van der Waals surface area contributed by atoms with Crippen LogP contribution < -0.4 is 10.6 Å². The molecule has 2 N–H and O–H groups in total. The van der Waals surface area contributed by atoms with E-state index in [9.17, 15) is 27.2 Å². The zero-order valence-electron chi connectivity index (χ0n) is 15.0. The van der Waals surface area contributed by atoms with Gasteiger partial charge in [0.15, 0.2) is 5.69 Å². The number of aryl methyl sites for hydroxylation is 1. The van der Waals surface area contributed by atoms with Gasteiger partial charge in [0.05, 0.1) is 10.7 Å². The number of amides is 2. The lowest BCUT2D eigenvalue weighted by Gasteiger charge is -2.15. The number of hydrogen-bond acceptors (Lipinski definition) is 4. The normalized spacial score (nSPS) is 12.5.